The van der Waals surface area contributed by atoms with E-state index < -0.39 is 23.2 Å². The summed E-state index contributed by atoms with van der Waals surface area (Å²) in [6, 6.07) is 9.79. The molecule has 2 N–H and O–H groups in total. The van der Waals surface area contributed by atoms with Crippen LogP contribution >= 0.6 is 0 Å². The van der Waals surface area contributed by atoms with Gasteiger partial charge in [-0.05, 0) is 45.1 Å². The quantitative estimate of drug-likeness (QED) is 0.835. The van der Waals surface area contributed by atoms with Gasteiger partial charge >= 0.3 is 12.1 Å². The van der Waals surface area contributed by atoms with Crippen molar-refractivity contribution in [1.29, 1.82) is 0 Å². The molecule has 0 spiro atoms. The maximum Gasteiger partial charge on any atom is 0.408 e. The molecule has 0 aromatic heterocycles. The van der Waals surface area contributed by atoms with E-state index in [9.17, 15) is 14.7 Å². The molecule has 1 amide bonds. The monoisotopic (exact) mass is 335 g/mol. The van der Waals surface area contributed by atoms with Gasteiger partial charge in [-0.3, -0.25) is 0 Å². The third-order valence-electron chi connectivity index (χ3n) is 3.89. The fraction of sp³-hybridized carbons (Fsp3) is 0.556. The van der Waals surface area contributed by atoms with Gasteiger partial charge < -0.3 is 19.9 Å². The Morgan fingerprint density at radius 3 is 2.42 bits per heavy atom. The molecular weight excluding hydrogens is 310 g/mol. The number of carbonyl (C=O) groups is 2. The van der Waals surface area contributed by atoms with Crippen molar-refractivity contribution in [3.63, 3.8) is 0 Å². The number of carbonyl (C=O) groups excluding carboxylic acids is 1. The average Bonchev–Trinajstić information content (AvgIpc) is 2.43. The summed E-state index contributed by atoms with van der Waals surface area (Å²) in [7, 11) is 0. The first-order chi connectivity index (χ1) is 11.2. The summed E-state index contributed by atoms with van der Waals surface area (Å²) in [6.45, 7) is 6.18. The molecule has 1 aromatic carbocycles. The van der Waals surface area contributed by atoms with E-state index in [1.54, 1.807) is 20.8 Å². The van der Waals surface area contributed by atoms with Crippen LogP contribution in [0.1, 0.15) is 39.2 Å². The van der Waals surface area contributed by atoms with Crippen LogP contribution < -0.4 is 5.32 Å². The fourth-order valence-electron chi connectivity index (χ4n) is 2.79. The van der Waals surface area contributed by atoms with E-state index in [1.807, 2.05) is 30.3 Å². The zero-order chi connectivity index (χ0) is 17.8. The van der Waals surface area contributed by atoms with Crippen LogP contribution in [0.25, 0.3) is 0 Å². The van der Waals surface area contributed by atoms with Gasteiger partial charge in [-0.1, -0.05) is 30.3 Å². The third-order valence-corrected chi connectivity index (χ3v) is 3.89. The van der Waals surface area contributed by atoms with Gasteiger partial charge in [-0.15, -0.1) is 0 Å². The lowest BCUT2D eigenvalue weighted by Gasteiger charge is -2.44. The van der Waals surface area contributed by atoms with Gasteiger partial charge in [0.05, 0.1) is 13.2 Å². The lowest BCUT2D eigenvalue weighted by molar-refractivity contribution is -0.152. The Morgan fingerprint density at radius 1 is 1.25 bits per heavy atom. The van der Waals surface area contributed by atoms with Crippen molar-refractivity contribution < 1.29 is 24.2 Å². The van der Waals surface area contributed by atoms with Crippen LogP contribution in [0.5, 0.6) is 0 Å². The number of carboxylic acid groups (broad SMARTS) is 1. The SMILES string of the molecule is CC(C)(C)OC(=O)NC1(C(=O)O)CC(COCc2ccccc2)C1. The molecular formula is C18H25NO5. The number of alkyl carbamates (subject to hydrolysis) is 1. The number of nitrogens with one attached hydrogen (secondary N) is 1. The van der Waals surface area contributed by atoms with E-state index in [0.29, 0.717) is 26.1 Å². The van der Waals surface area contributed by atoms with Crippen molar-refractivity contribution in [1.82, 2.24) is 5.32 Å². The summed E-state index contributed by atoms with van der Waals surface area (Å²) in [6.07, 6.45) is -0.0132. The van der Waals surface area contributed by atoms with Crippen molar-refractivity contribution in [2.24, 2.45) is 5.92 Å². The maximum absolute atomic E-state index is 11.8. The molecule has 0 bridgehead atoms. The Kier molecular flexibility index (Phi) is 5.49. The van der Waals surface area contributed by atoms with Crippen molar-refractivity contribution in [2.75, 3.05) is 6.61 Å². The first-order valence-corrected chi connectivity index (χ1v) is 8.06. The van der Waals surface area contributed by atoms with Crippen LogP contribution in [-0.4, -0.2) is 34.9 Å². The lowest BCUT2D eigenvalue weighted by atomic mass is 9.68. The van der Waals surface area contributed by atoms with Crippen molar-refractivity contribution in [3.8, 4) is 0 Å². The fourth-order valence-corrected chi connectivity index (χ4v) is 2.79. The Labute approximate surface area is 142 Å². The highest BCUT2D eigenvalue weighted by molar-refractivity contribution is 5.85. The van der Waals surface area contributed by atoms with Crippen LogP contribution in [-0.2, 0) is 20.9 Å². The molecule has 24 heavy (non-hydrogen) atoms. The summed E-state index contributed by atoms with van der Waals surface area (Å²) in [5.74, 6) is -0.924. The zero-order valence-corrected chi connectivity index (χ0v) is 14.4. The number of aliphatic carboxylic acids is 1. The normalized spacial score (nSPS) is 23.2. The minimum absolute atomic E-state index is 0.111. The molecule has 6 nitrogen and oxygen atoms in total. The number of carboxylic acids is 1. The van der Waals surface area contributed by atoms with E-state index in [2.05, 4.69) is 5.32 Å². The van der Waals surface area contributed by atoms with Gasteiger partial charge in [-0.2, -0.15) is 0 Å². The predicted molar refractivity (Wildman–Crippen MR) is 88.6 cm³/mol. The van der Waals surface area contributed by atoms with E-state index in [-0.39, 0.29) is 5.92 Å². The molecule has 0 aliphatic heterocycles. The molecule has 6 heteroatoms. The minimum atomic E-state index is -1.25. The second-order valence-electron chi connectivity index (χ2n) is 7.29. The number of benzene rings is 1. The standard InChI is InChI=1S/C18H25NO5/c1-17(2,3)24-16(22)19-18(15(20)21)9-14(10-18)12-23-11-13-7-5-4-6-8-13/h4-8,14H,9-12H2,1-3H3,(H,19,22)(H,20,21). The third kappa shape index (κ3) is 4.96. The van der Waals surface area contributed by atoms with Crippen LogP contribution in [0.15, 0.2) is 30.3 Å². The molecule has 2 rings (SSSR count). The van der Waals surface area contributed by atoms with E-state index in [4.69, 9.17) is 9.47 Å². The zero-order valence-electron chi connectivity index (χ0n) is 14.4. The molecule has 0 heterocycles. The van der Waals surface area contributed by atoms with Crippen LogP contribution in [0.4, 0.5) is 4.79 Å². The molecule has 0 saturated heterocycles. The van der Waals surface area contributed by atoms with Crippen molar-refractivity contribution in [3.05, 3.63) is 35.9 Å². The second-order valence-corrected chi connectivity index (χ2v) is 7.29. The predicted octanol–water partition coefficient (Wildman–Crippen LogP) is 2.96. The Balaban J connectivity index is 1.79. The molecule has 0 unspecified atom stereocenters. The molecule has 1 aromatic rings. The van der Waals surface area contributed by atoms with Gasteiger partial charge in [0.15, 0.2) is 0 Å². The van der Waals surface area contributed by atoms with Gasteiger partial charge in [0.1, 0.15) is 11.1 Å². The van der Waals surface area contributed by atoms with Gasteiger partial charge in [0, 0.05) is 0 Å². The van der Waals surface area contributed by atoms with E-state index in [1.165, 1.54) is 0 Å². The van der Waals surface area contributed by atoms with Crippen molar-refractivity contribution >= 4 is 12.1 Å². The highest BCUT2D eigenvalue weighted by Crippen LogP contribution is 2.38. The molecule has 1 saturated carbocycles. The topological polar surface area (TPSA) is 84.9 Å². The first kappa shape index (κ1) is 18.3. The van der Waals surface area contributed by atoms with Gasteiger partial charge in [0.25, 0.3) is 0 Å². The van der Waals surface area contributed by atoms with E-state index >= 15 is 0 Å². The second kappa shape index (κ2) is 7.21. The largest absolute Gasteiger partial charge is 0.480 e. The number of hydrogen-bond acceptors (Lipinski definition) is 4. The Bertz CT molecular complexity index is 573. The summed E-state index contributed by atoms with van der Waals surface area (Å²) in [5, 5.41) is 11.9. The van der Waals surface area contributed by atoms with Crippen LogP contribution in [0.3, 0.4) is 0 Å². The smallest absolute Gasteiger partial charge is 0.408 e. The molecule has 132 valence electrons. The van der Waals surface area contributed by atoms with Crippen LogP contribution in [0, 0.1) is 5.92 Å². The Hall–Kier alpha value is -2.08. The highest BCUT2D eigenvalue weighted by atomic mass is 16.6. The number of amides is 1. The number of rotatable bonds is 6. The molecule has 0 radical (unpaired) electrons. The molecule has 1 aliphatic carbocycles. The molecule has 0 atom stereocenters. The maximum atomic E-state index is 11.8. The molecule has 1 aliphatic rings. The Morgan fingerprint density at radius 2 is 1.88 bits per heavy atom. The highest BCUT2D eigenvalue weighted by Gasteiger charge is 2.52. The van der Waals surface area contributed by atoms with Crippen molar-refractivity contribution in [2.45, 2.75) is 51.4 Å². The summed E-state index contributed by atoms with van der Waals surface area (Å²) in [4.78, 5) is 23.4. The van der Waals surface area contributed by atoms with Gasteiger partial charge in [-0.25, -0.2) is 9.59 Å². The van der Waals surface area contributed by atoms with E-state index in [0.717, 1.165) is 5.56 Å². The van der Waals surface area contributed by atoms with Gasteiger partial charge in [0.2, 0.25) is 0 Å². The minimum Gasteiger partial charge on any atom is -0.480 e. The summed E-state index contributed by atoms with van der Waals surface area (Å²) < 4.78 is 10.8. The average molecular weight is 335 g/mol. The summed E-state index contributed by atoms with van der Waals surface area (Å²) >= 11 is 0. The molecule has 1 fully saturated rings. The van der Waals surface area contributed by atoms with Crippen LogP contribution in [0.2, 0.25) is 0 Å². The number of ether oxygens (including phenoxy) is 2. The number of hydrogen-bond donors (Lipinski definition) is 2. The summed E-state index contributed by atoms with van der Waals surface area (Å²) in [5.41, 5.74) is -0.831. The lowest BCUT2D eigenvalue weighted by Crippen LogP contribution is -2.63. The first-order valence-electron chi connectivity index (χ1n) is 8.06.